The van der Waals surface area contributed by atoms with Gasteiger partial charge in [0.15, 0.2) is 0 Å². The number of ether oxygens (including phenoxy) is 1. The Hall–Kier alpha value is -1.83. The summed E-state index contributed by atoms with van der Waals surface area (Å²) < 4.78 is 5.11. The van der Waals surface area contributed by atoms with E-state index < -0.39 is 0 Å². The topological polar surface area (TPSA) is 22.1 Å². The molecule has 0 bridgehead atoms. The Kier molecular flexibility index (Phi) is 5.06. The molecule has 2 rings (SSSR count). The summed E-state index contributed by atoms with van der Waals surface area (Å²) in [5.41, 5.74) is 2.23. The quantitative estimate of drug-likeness (QED) is 0.760. The predicted molar refractivity (Wildman–Crippen MR) is 67.6 cm³/mol. The first-order chi connectivity index (χ1) is 7.90. The van der Waals surface area contributed by atoms with Gasteiger partial charge in [0.2, 0.25) is 0 Å². The van der Waals surface area contributed by atoms with Gasteiger partial charge in [-0.25, -0.2) is 0 Å². The standard InChI is InChI=1S/C12H11NO.C2H6/c1-14-12-7-11(8-13-9-12)10-5-3-2-4-6-10;1-2/h2-9H,1H3;1-2H3. The van der Waals surface area contributed by atoms with E-state index in [4.69, 9.17) is 4.74 Å². The molecule has 1 heterocycles. The number of pyridine rings is 1. The zero-order valence-corrected chi connectivity index (χ0v) is 9.97. The fourth-order valence-electron chi connectivity index (χ4n) is 1.32. The van der Waals surface area contributed by atoms with Crippen molar-refractivity contribution >= 4 is 0 Å². The Balaban J connectivity index is 0.000000606. The van der Waals surface area contributed by atoms with Gasteiger partial charge in [-0.15, -0.1) is 0 Å². The number of methoxy groups -OCH3 is 1. The van der Waals surface area contributed by atoms with Crippen molar-refractivity contribution in [2.45, 2.75) is 13.8 Å². The van der Waals surface area contributed by atoms with E-state index in [0.717, 1.165) is 16.9 Å². The number of nitrogens with zero attached hydrogens (tertiary/aromatic N) is 1. The minimum Gasteiger partial charge on any atom is -0.495 e. The second kappa shape index (κ2) is 6.62. The second-order valence-corrected chi connectivity index (χ2v) is 2.98. The molecule has 0 atom stereocenters. The number of hydrogen-bond acceptors (Lipinski definition) is 2. The molecule has 0 unspecified atom stereocenters. The van der Waals surface area contributed by atoms with Gasteiger partial charge in [0.05, 0.1) is 13.3 Å². The Morgan fingerprint density at radius 2 is 1.62 bits per heavy atom. The zero-order chi connectivity index (χ0) is 11.8. The van der Waals surface area contributed by atoms with E-state index in [1.165, 1.54) is 0 Å². The highest BCUT2D eigenvalue weighted by molar-refractivity contribution is 5.63. The Labute approximate surface area is 96.9 Å². The molecule has 0 N–H and O–H groups in total. The van der Waals surface area contributed by atoms with Gasteiger partial charge in [-0.05, 0) is 11.6 Å². The maximum absolute atomic E-state index is 5.11. The summed E-state index contributed by atoms with van der Waals surface area (Å²) in [5.74, 6) is 0.784. The first kappa shape index (κ1) is 12.2. The molecule has 2 aromatic rings. The summed E-state index contributed by atoms with van der Waals surface area (Å²) in [4.78, 5) is 4.11. The molecule has 0 spiro atoms. The van der Waals surface area contributed by atoms with Gasteiger partial charge < -0.3 is 4.74 Å². The van der Waals surface area contributed by atoms with E-state index in [0.29, 0.717) is 0 Å². The van der Waals surface area contributed by atoms with Gasteiger partial charge in [-0.3, -0.25) is 4.98 Å². The molecule has 0 radical (unpaired) electrons. The van der Waals surface area contributed by atoms with E-state index in [1.54, 1.807) is 13.3 Å². The van der Waals surface area contributed by atoms with Crippen LogP contribution in [0.1, 0.15) is 13.8 Å². The monoisotopic (exact) mass is 215 g/mol. The second-order valence-electron chi connectivity index (χ2n) is 2.98. The van der Waals surface area contributed by atoms with Crippen molar-refractivity contribution < 1.29 is 4.74 Å². The first-order valence-electron chi connectivity index (χ1n) is 5.44. The van der Waals surface area contributed by atoms with E-state index in [1.807, 2.05) is 44.3 Å². The third kappa shape index (κ3) is 3.09. The van der Waals surface area contributed by atoms with Crippen LogP contribution in [0.4, 0.5) is 0 Å². The van der Waals surface area contributed by atoms with Crippen LogP contribution in [0.5, 0.6) is 5.75 Å². The molecule has 1 aromatic heterocycles. The van der Waals surface area contributed by atoms with Crippen molar-refractivity contribution in [3.63, 3.8) is 0 Å². The van der Waals surface area contributed by atoms with Crippen LogP contribution in [0.25, 0.3) is 11.1 Å². The van der Waals surface area contributed by atoms with Gasteiger partial charge in [-0.1, -0.05) is 44.2 Å². The van der Waals surface area contributed by atoms with Gasteiger partial charge in [-0.2, -0.15) is 0 Å². The number of aromatic nitrogens is 1. The molecule has 1 aromatic carbocycles. The molecular weight excluding hydrogens is 198 g/mol. The molecule has 0 aliphatic heterocycles. The lowest BCUT2D eigenvalue weighted by Crippen LogP contribution is -1.85. The van der Waals surface area contributed by atoms with Crippen LogP contribution in [-0.4, -0.2) is 12.1 Å². The molecule has 0 fully saturated rings. The average molecular weight is 215 g/mol. The normalized spacial score (nSPS) is 8.94. The van der Waals surface area contributed by atoms with Crippen LogP contribution in [0.3, 0.4) is 0 Å². The molecule has 0 aliphatic rings. The van der Waals surface area contributed by atoms with Crippen molar-refractivity contribution in [2.24, 2.45) is 0 Å². The number of rotatable bonds is 2. The van der Waals surface area contributed by atoms with Crippen molar-refractivity contribution in [1.29, 1.82) is 0 Å². The Morgan fingerprint density at radius 1 is 0.938 bits per heavy atom. The van der Waals surface area contributed by atoms with Crippen LogP contribution >= 0.6 is 0 Å². The van der Waals surface area contributed by atoms with Gasteiger partial charge >= 0.3 is 0 Å². The van der Waals surface area contributed by atoms with E-state index in [9.17, 15) is 0 Å². The van der Waals surface area contributed by atoms with E-state index in [2.05, 4.69) is 17.1 Å². The van der Waals surface area contributed by atoms with Crippen LogP contribution in [0.15, 0.2) is 48.8 Å². The van der Waals surface area contributed by atoms with Crippen molar-refractivity contribution in [3.05, 3.63) is 48.8 Å². The van der Waals surface area contributed by atoms with Crippen LogP contribution < -0.4 is 4.74 Å². The van der Waals surface area contributed by atoms with Crippen molar-refractivity contribution in [2.75, 3.05) is 7.11 Å². The zero-order valence-electron chi connectivity index (χ0n) is 9.97. The lowest BCUT2D eigenvalue weighted by atomic mass is 10.1. The fourth-order valence-corrected chi connectivity index (χ4v) is 1.32. The average Bonchev–Trinajstić information content (AvgIpc) is 2.42. The summed E-state index contributed by atoms with van der Waals surface area (Å²) in [5, 5.41) is 0. The van der Waals surface area contributed by atoms with Gasteiger partial charge in [0.1, 0.15) is 5.75 Å². The third-order valence-electron chi connectivity index (χ3n) is 2.06. The lowest BCUT2D eigenvalue weighted by Gasteiger charge is -2.03. The van der Waals surface area contributed by atoms with E-state index in [-0.39, 0.29) is 0 Å². The maximum atomic E-state index is 5.11. The van der Waals surface area contributed by atoms with Crippen LogP contribution in [0.2, 0.25) is 0 Å². The minimum atomic E-state index is 0.784. The highest BCUT2D eigenvalue weighted by Gasteiger charge is 1.98. The number of hydrogen-bond donors (Lipinski definition) is 0. The van der Waals surface area contributed by atoms with Gasteiger partial charge in [0, 0.05) is 11.8 Å². The first-order valence-corrected chi connectivity index (χ1v) is 5.44. The Bertz CT molecular complexity index is 412. The number of benzene rings is 1. The molecule has 0 aliphatic carbocycles. The highest BCUT2D eigenvalue weighted by Crippen LogP contribution is 2.21. The predicted octanol–water partition coefficient (Wildman–Crippen LogP) is 3.78. The largest absolute Gasteiger partial charge is 0.495 e. The summed E-state index contributed by atoms with van der Waals surface area (Å²) in [6, 6.07) is 12.1. The van der Waals surface area contributed by atoms with Gasteiger partial charge in [0.25, 0.3) is 0 Å². The molecule has 2 nitrogen and oxygen atoms in total. The van der Waals surface area contributed by atoms with E-state index >= 15 is 0 Å². The fraction of sp³-hybridized carbons (Fsp3) is 0.214. The maximum Gasteiger partial charge on any atom is 0.137 e. The third-order valence-corrected chi connectivity index (χ3v) is 2.06. The molecule has 0 amide bonds. The molecule has 0 saturated carbocycles. The van der Waals surface area contributed by atoms with Crippen LogP contribution in [-0.2, 0) is 0 Å². The molecule has 2 heteroatoms. The summed E-state index contributed by atoms with van der Waals surface area (Å²) in [6.45, 7) is 4.00. The summed E-state index contributed by atoms with van der Waals surface area (Å²) >= 11 is 0. The summed E-state index contributed by atoms with van der Waals surface area (Å²) in [7, 11) is 1.64. The molecule has 16 heavy (non-hydrogen) atoms. The highest BCUT2D eigenvalue weighted by atomic mass is 16.5. The molecular formula is C14H17NO. The minimum absolute atomic E-state index is 0.784. The smallest absolute Gasteiger partial charge is 0.137 e. The van der Waals surface area contributed by atoms with Crippen LogP contribution in [0, 0.1) is 0 Å². The summed E-state index contributed by atoms with van der Waals surface area (Å²) in [6.07, 6.45) is 3.53. The SMILES string of the molecule is CC.COc1cncc(-c2ccccc2)c1. The molecule has 0 saturated heterocycles. The van der Waals surface area contributed by atoms with Crippen molar-refractivity contribution in [3.8, 4) is 16.9 Å². The Morgan fingerprint density at radius 3 is 2.25 bits per heavy atom. The van der Waals surface area contributed by atoms with Crippen molar-refractivity contribution in [1.82, 2.24) is 4.98 Å². The lowest BCUT2D eigenvalue weighted by molar-refractivity contribution is 0.413. The molecule has 84 valence electrons.